The highest BCUT2D eigenvalue weighted by Gasteiger charge is 2.26. The van der Waals surface area contributed by atoms with Gasteiger partial charge >= 0.3 is 5.97 Å². The lowest BCUT2D eigenvalue weighted by Gasteiger charge is -2.06. The predicted octanol–water partition coefficient (Wildman–Crippen LogP) is 2.28. The van der Waals surface area contributed by atoms with Gasteiger partial charge in [-0.25, -0.2) is 0 Å². The average molecular weight is 276 g/mol. The van der Waals surface area contributed by atoms with Crippen molar-refractivity contribution < 1.29 is 19.7 Å². The molecule has 0 bridgehead atoms. The third kappa shape index (κ3) is 2.26. The number of hydrogen-bond acceptors (Lipinski definition) is 5. The normalized spacial score (nSPS) is 10.4. The van der Waals surface area contributed by atoms with Crippen molar-refractivity contribution in [3.05, 3.63) is 56.1 Å². The van der Waals surface area contributed by atoms with E-state index in [2.05, 4.69) is 0 Å². The highest BCUT2D eigenvalue weighted by atomic mass is 16.6. The van der Waals surface area contributed by atoms with Gasteiger partial charge in [-0.2, -0.15) is 0 Å². The van der Waals surface area contributed by atoms with Crippen LogP contribution in [0.15, 0.2) is 30.3 Å². The van der Waals surface area contributed by atoms with Gasteiger partial charge < -0.3 is 5.11 Å². The van der Waals surface area contributed by atoms with Crippen molar-refractivity contribution in [3.63, 3.8) is 0 Å². The van der Waals surface area contributed by atoms with Crippen molar-refractivity contribution in [2.45, 2.75) is 6.42 Å². The zero-order valence-corrected chi connectivity index (χ0v) is 9.98. The molecule has 2 rings (SSSR count). The number of carbonyl (C=O) groups is 1. The van der Waals surface area contributed by atoms with Crippen LogP contribution in [-0.2, 0) is 11.2 Å². The molecule has 0 aliphatic rings. The number of rotatable bonds is 4. The van der Waals surface area contributed by atoms with Gasteiger partial charge in [-0.3, -0.25) is 25.0 Å². The first kappa shape index (κ1) is 13.4. The molecule has 0 aliphatic heterocycles. The summed E-state index contributed by atoms with van der Waals surface area (Å²) in [5, 5.41) is 31.2. The molecule has 0 spiro atoms. The molecule has 0 amide bonds. The van der Waals surface area contributed by atoms with Crippen LogP contribution in [0.2, 0.25) is 0 Å². The van der Waals surface area contributed by atoms with E-state index in [9.17, 15) is 25.0 Å². The molecule has 8 heteroatoms. The number of non-ortho nitro benzene ring substituents is 1. The SMILES string of the molecule is O=C(O)Cc1c([N+](=O)[O-])cc([N+](=O)[O-])c2ccccc12. The molecule has 0 unspecified atom stereocenters. The van der Waals surface area contributed by atoms with E-state index in [1.54, 1.807) is 12.1 Å². The number of nitro groups is 2. The Morgan fingerprint density at radius 3 is 2.10 bits per heavy atom. The van der Waals surface area contributed by atoms with Gasteiger partial charge in [-0.05, 0) is 11.5 Å². The summed E-state index contributed by atoms with van der Waals surface area (Å²) in [5.41, 5.74) is -1.01. The molecule has 0 aromatic heterocycles. The Morgan fingerprint density at radius 2 is 1.60 bits per heavy atom. The van der Waals surface area contributed by atoms with Crippen LogP contribution in [0.1, 0.15) is 5.56 Å². The lowest BCUT2D eigenvalue weighted by molar-refractivity contribution is -0.393. The first-order valence-corrected chi connectivity index (χ1v) is 5.47. The average Bonchev–Trinajstić information content (AvgIpc) is 2.37. The Hall–Kier alpha value is -3.03. The van der Waals surface area contributed by atoms with E-state index in [1.807, 2.05) is 0 Å². The van der Waals surface area contributed by atoms with Gasteiger partial charge in [-0.1, -0.05) is 18.2 Å². The van der Waals surface area contributed by atoms with Gasteiger partial charge in [0.25, 0.3) is 11.4 Å². The molecule has 20 heavy (non-hydrogen) atoms. The van der Waals surface area contributed by atoms with E-state index >= 15 is 0 Å². The van der Waals surface area contributed by atoms with E-state index in [-0.39, 0.29) is 16.3 Å². The van der Waals surface area contributed by atoms with Crippen LogP contribution in [0, 0.1) is 20.2 Å². The summed E-state index contributed by atoms with van der Waals surface area (Å²) in [4.78, 5) is 31.3. The zero-order chi connectivity index (χ0) is 14.9. The van der Waals surface area contributed by atoms with E-state index in [4.69, 9.17) is 5.11 Å². The molecule has 2 aromatic rings. The van der Waals surface area contributed by atoms with Crippen molar-refractivity contribution in [1.29, 1.82) is 0 Å². The van der Waals surface area contributed by atoms with Gasteiger partial charge in [0, 0.05) is 5.56 Å². The van der Waals surface area contributed by atoms with E-state index < -0.39 is 33.6 Å². The number of carboxylic acids is 1. The summed E-state index contributed by atoms with van der Waals surface area (Å²) in [6.07, 6.45) is -0.575. The number of benzene rings is 2. The molecule has 0 saturated heterocycles. The summed E-state index contributed by atoms with van der Waals surface area (Å²) in [6, 6.07) is 6.77. The Balaban J connectivity index is 2.90. The van der Waals surface area contributed by atoms with Gasteiger partial charge in [0.15, 0.2) is 0 Å². The van der Waals surface area contributed by atoms with Crippen LogP contribution >= 0.6 is 0 Å². The van der Waals surface area contributed by atoms with Crippen molar-refractivity contribution in [1.82, 2.24) is 0 Å². The fourth-order valence-electron chi connectivity index (χ4n) is 2.05. The number of fused-ring (bicyclic) bond motifs is 1. The van der Waals surface area contributed by atoms with Crippen molar-refractivity contribution in [3.8, 4) is 0 Å². The van der Waals surface area contributed by atoms with Gasteiger partial charge in [0.2, 0.25) is 0 Å². The van der Waals surface area contributed by atoms with Crippen LogP contribution in [0.25, 0.3) is 10.8 Å². The van der Waals surface area contributed by atoms with Crippen LogP contribution < -0.4 is 0 Å². The minimum Gasteiger partial charge on any atom is -0.481 e. The summed E-state index contributed by atoms with van der Waals surface area (Å²) >= 11 is 0. The molecule has 0 saturated carbocycles. The van der Waals surface area contributed by atoms with E-state index in [1.165, 1.54) is 12.1 Å². The third-order valence-corrected chi connectivity index (χ3v) is 2.83. The fraction of sp³-hybridized carbons (Fsp3) is 0.0833. The second-order valence-electron chi connectivity index (χ2n) is 4.02. The summed E-state index contributed by atoms with van der Waals surface area (Å²) in [6.45, 7) is 0. The number of hydrogen-bond donors (Lipinski definition) is 1. The lowest BCUT2D eigenvalue weighted by Crippen LogP contribution is -2.06. The highest BCUT2D eigenvalue weighted by Crippen LogP contribution is 2.35. The van der Waals surface area contributed by atoms with Crippen LogP contribution in [0.5, 0.6) is 0 Å². The number of nitrogens with zero attached hydrogens (tertiary/aromatic N) is 2. The Bertz CT molecular complexity index is 740. The van der Waals surface area contributed by atoms with Crippen LogP contribution in [0.3, 0.4) is 0 Å². The molecule has 0 radical (unpaired) electrons. The Labute approximate surface area is 111 Å². The van der Waals surface area contributed by atoms with E-state index in [0.29, 0.717) is 0 Å². The molecule has 8 nitrogen and oxygen atoms in total. The number of carboxylic acid groups (broad SMARTS) is 1. The second kappa shape index (κ2) is 4.92. The lowest BCUT2D eigenvalue weighted by atomic mass is 9.98. The summed E-state index contributed by atoms with van der Waals surface area (Å²) in [7, 11) is 0. The summed E-state index contributed by atoms with van der Waals surface area (Å²) in [5.74, 6) is -1.24. The molecule has 0 atom stereocenters. The predicted molar refractivity (Wildman–Crippen MR) is 68.6 cm³/mol. The minimum atomic E-state index is -1.24. The number of nitro benzene ring substituents is 2. The summed E-state index contributed by atoms with van der Waals surface area (Å²) < 4.78 is 0. The molecule has 0 fully saturated rings. The maximum absolute atomic E-state index is 11.0. The van der Waals surface area contributed by atoms with Gasteiger partial charge in [0.1, 0.15) is 0 Å². The van der Waals surface area contributed by atoms with E-state index in [0.717, 1.165) is 6.07 Å². The first-order chi connectivity index (χ1) is 9.41. The third-order valence-electron chi connectivity index (χ3n) is 2.83. The maximum Gasteiger partial charge on any atom is 0.308 e. The molecular weight excluding hydrogens is 268 g/mol. The van der Waals surface area contributed by atoms with Gasteiger partial charge in [0.05, 0.1) is 27.7 Å². The maximum atomic E-state index is 11.0. The molecule has 2 aromatic carbocycles. The monoisotopic (exact) mass is 276 g/mol. The fourth-order valence-corrected chi connectivity index (χ4v) is 2.05. The van der Waals surface area contributed by atoms with Crippen LogP contribution in [0.4, 0.5) is 11.4 Å². The molecular formula is C12H8N2O6. The van der Waals surface area contributed by atoms with Crippen molar-refractivity contribution in [2.24, 2.45) is 0 Å². The number of aliphatic carboxylic acids is 1. The molecule has 102 valence electrons. The largest absolute Gasteiger partial charge is 0.481 e. The topological polar surface area (TPSA) is 124 Å². The quantitative estimate of drug-likeness (QED) is 0.674. The highest BCUT2D eigenvalue weighted by molar-refractivity contribution is 5.98. The minimum absolute atomic E-state index is 0.0382. The van der Waals surface area contributed by atoms with Gasteiger partial charge in [-0.15, -0.1) is 0 Å². The first-order valence-electron chi connectivity index (χ1n) is 5.47. The second-order valence-corrected chi connectivity index (χ2v) is 4.02. The molecule has 0 aliphatic carbocycles. The standard InChI is InChI=1S/C12H8N2O6/c15-12(16)5-9-7-3-1-2-4-8(7)10(13(17)18)6-11(9)14(19)20/h1-4,6H,5H2,(H,15,16). The zero-order valence-electron chi connectivity index (χ0n) is 9.98. The van der Waals surface area contributed by atoms with Crippen molar-refractivity contribution in [2.75, 3.05) is 0 Å². The van der Waals surface area contributed by atoms with Crippen molar-refractivity contribution >= 4 is 28.1 Å². The Morgan fingerprint density at radius 1 is 1.05 bits per heavy atom. The molecule has 1 N–H and O–H groups in total. The molecule has 0 heterocycles. The Kier molecular flexibility index (Phi) is 3.30. The smallest absolute Gasteiger partial charge is 0.308 e. The van der Waals surface area contributed by atoms with Crippen LogP contribution in [-0.4, -0.2) is 20.9 Å².